The van der Waals surface area contributed by atoms with Gasteiger partial charge in [0, 0.05) is 5.56 Å². The van der Waals surface area contributed by atoms with Gasteiger partial charge in [0.1, 0.15) is 5.76 Å². The van der Waals surface area contributed by atoms with Gasteiger partial charge in [0.2, 0.25) is 11.7 Å². The van der Waals surface area contributed by atoms with Crippen LogP contribution in [0.4, 0.5) is 0 Å². The van der Waals surface area contributed by atoms with Crippen LogP contribution >= 0.6 is 0 Å². The van der Waals surface area contributed by atoms with Crippen molar-refractivity contribution in [1.82, 2.24) is 15.0 Å². The molecule has 7 heteroatoms. The zero-order valence-corrected chi connectivity index (χ0v) is 13.9. The SMILES string of the molecule is COc1ccc(-c2noc(CN(C)Cc3ccco3)n2)cc1OC. The molecule has 3 rings (SSSR count). The molecule has 0 radical (unpaired) electrons. The van der Waals surface area contributed by atoms with E-state index in [0.29, 0.717) is 36.3 Å². The fourth-order valence-corrected chi connectivity index (χ4v) is 2.37. The number of rotatable bonds is 7. The Labute approximate surface area is 139 Å². The molecule has 7 nitrogen and oxygen atoms in total. The first kappa shape index (κ1) is 16.1. The van der Waals surface area contributed by atoms with Crippen molar-refractivity contribution in [2.45, 2.75) is 13.1 Å². The van der Waals surface area contributed by atoms with Crippen LogP contribution in [0.3, 0.4) is 0 Å². The molecule has 2 heterocycles. The maximum absolute atomic E-state index is 5.33. The van der Waals surface area contributed by atoms with Gasteiger partial charge >= 0.3 is 0 Å². The maximum Gasteiger partial charge on any atom is 0.241 e. The number of furan rings is 1. The molecule has 0 fully saturated rings. The van der Waals surface area contributed by atoms with Gasteiger partial charge < -0.3 is 18.4 Å². The number of nitrogens with zero attached hydrogens (tertiary/aromatic N) is 3. The summed E-state index contributed by atoms with van der Waals surface area (Å²) >= 11 is 0. The second-order valence-electron chi connectivity index (χ2n) is 5.33. The van der Waals surface area contributed by atoms with E-state index >= 15 is 0 Å². The number of methoxy groups -OCH3 is 2. The van der Waals surface area contributed by atoms with Crippen LogP contribution in [-0.4, -0.2) is 36.3 Å². The minimum atomic E-state index is 0.511. The number of benzene rings is 1. The first-order valence-electron chi connectivity index (χ1n) is 7.45. The molecular formula is C17H19N3O4. The molecule has 3 aromatic rings. The van der Waals surface area contributed by atoms with E-state index in [2.05, 4.69) is 10.1 Å². The van der Waals surface area contributed by atoms with Gasteiger partial charge in [0.05, 0.1) is 33.6 Å². The molecule has 0 saturated heterocycles. The fourth-order valence-electron chi connectivity index (χ4n) is 2.37. The molecule has 1 aromatic carbocycles. The van der Waals surface area contributed by atoms with Crippen LogP contribution in [0.5, 0.6) is 11.5 Å². The molecule has 24 heavy (non-hydrogen) atoms. The van der Waals surface area contributed by atoms with Gasteiger partial charge in [-0.2, -0.15) is 4.98 Å². The van der Waals surface area contributed by atoms with E-state index in [0.717, 1.165) is 11.3 Å². The molecule has 0 atom stereocenters. The van der Waals surface area contributed by atoms with Crippen molar-refractivity contribution < 1.29 is 18.4 Å². The summed E-state index contributed by atoms with van der Waals surface area (Å²) in [5.41, 5.74) is 0.802. The van der Waals surface area contributed by atoms with E-state index in [1.54, 1.807) is 20.5 Å². The van der Waals surface area contributed by atoms with Crippen LogP contribution in [0.2, 0.25) is 0 Å². The van der Waals surface area contributed by atoms with E-state index < -0.39 is 0 Å². The summed E-state index contributed by atoms with van der Waals surface area (Å²) in [6.07, 6.45) is 1.66. The molecule has 0 spiro atoms. The summed E-state index contributed by atoms with van der Waals surface area (Å²) in [4.78, 5) is 6.47. The minimum Gasteiger partial charge on any atom is -0.493 e. The average molecular weight is 329 g/mol. The molecule has 0 aliphatic heterocycles. The largest absolute Gasteiger partial charge is 0.493 e. The van der Waals surface area contributed by atoms with Crippen LogP contribution in [0.1, 0.15) is 11.7 Å². The molecule has 0 amide bonds. The van der Waals surface area contributed by atoms with Crippen molar-refractivity contribution in [3.63, 3.8) is 0 Å². The predicted octanol–water partition coefficient (Wildman–Crippen LogP) is 2.98. The maximum atomic E-state index is 5.33. The van der Waals surface area contributed by atoms with Crippen molar-refractivity contribution in [2.75, 3.05) is 21.3 Å². The highest BCUT2D eigenvalue weighted by Crippen LogP contribution is 2.31. The minimum absolute atomic E-state index is 0.511. The van der Waals surface area contributed by atoms with E-state index in [4.69, 9.17) is 18.4 Å². The van der Waals surface area contributed by atoms with Crippen molar-refractivity contribution in [3.05, 3.63) is 48.2 Å². The summed E-state index contributed by atoms with van der Waals surface area (Å²) in [6.45, 7) is 1.20. The highest BCUT2D eigenvalue weighted by molar-refractivity contribution is 5.60. The van der Waals surface area contributed by atoms with Crippen molar-refractivity contribution in [1.29, 1.82) is 0 Å². The molecular weight excluding hydrogens is 310 g/mol. The summed E-state index contributed by atoms with van der Waals surface area (Å²) in [5.74, 6) is 3.21. The topological polar surface area (TPSA) is 73.8 Å². The Morgan fingerprint density at radius 3 is 2.62 bits per heavy atom. The van der Waals surface area contributed by atoms with Gasteiger partial charge in [-0.1, -0.05) is 5.16 Å². The van der Waals surface area contributed by atoms with E-state index in [1.165, 1.54) is 0 Å². The highest BCUT2D eigenvalue weighted by atomic mass is 16.5. The molecule has 0 unspecified atom stereocenters. The van der Waals surface area contributed by atoms with Crippen LogP contribution in [0.15, 0.2) is 45.5 Å². The molecule has 126 valence electrons. The van der Waals surface area contributed by atoms with Gasteiger partial charge in [-0.15, -0.1) is 0 Å². The Morgan fingerprint density at radius 2 is 1.92 bits per heavy atom. The number of hydrogen-bond acceptors (Lipinski definition) is 7. The Balaban J connectivity index is 1.71. The predicted molar refractivity (Wildman–Crippen MR) is 86.7 cm³/mol. The van der Waals surface area contributed by atoms with E-state index in [9.17, 15) is 0 Å². The number of aromatic nitrogens is 2. The molecule has 0 N–H and O–H groups in total. The van der Waals surface area contributed by atoms with Crippen molar-refractivity contribution >= 4 is 0 Å². The van der Waals surface area contributed by atoms with Crippen LogP contribution in [0, 0.1) is 0 Å². The van der Waals surface area contributed by atoms with Crippen molar-refractivity contribution in [2.24, 2.45) is 0 Å². The zero-order valence-electron chi connectivity index (χ0n) is 13.9. The average Bonchev–Trinajstić information content (AvgIpc) is 3.26. The lowest BCUT2D eigenvalue weighted by molar-refractivity contribution is 0.244. The molecule has 0 saturated carbocycles. The van der Waals surface area contributed by atoms with Gasteiger partial charge in [0.15, 0.2) is 11.5 Å². The molecule has 0 bridgehead atoms. The lowest BCUT2D eigenvalue weighted by Crippen LogP contribution is -2.17. The summed E-state index contributed by atoms with van der Waals surface area (Å²) in [5, 5.41) is 4.03. The Kier molecular flexibility index (Phi) is 4.81. The Morgan fingerprint density at radius 1 is 1.08 bits per heavy atom. The monoisotopic (exact) mass is 329 g/mol. The van der Waals surface area contributed by atoms with Gasteiger partial charge in [0.25, 0.3) is 0 Å². The van der Waals surface area contributed by atoms with Crippen LogP contribution < -0.4 is 9.47 Å². The second kappa shape index (κ2) is 7.18. The lowest BCUT2D eigenvalue weighted by atomic mass is 10.2. The van der Waals surface area contributed by atoms with Gasteiger partial charge in [-0.05, 0) is 37.4 Å². The van der Waals surface area contributed by atoms with E-state index in [1.807, 2.05) is 42.3 Å². The van der Waals surface area contributed by atoms with Crippen LogP contribution in [-0.2, 0) is 13.1 Å². The molecule has 0 aliphatic carbocycles. The molecule has 0 aliphatic rings. The highest BCUT2D eigenvalue weighted by Gasteiger charge is 2.14. The smallest absolute Gasteiger partial charge is 0.241 e. The first-order valence-corrected chi connectivity index (χ1v) is 7.45. The Bertz CT molecular complexity index is 783. The summed E-state index contributed by atoms with van der Waals surface area (Å²) in [6, 6.07) is 9.29. The van der Waals surface area contributed by atoms with Crippen LogP contribution in [0.25, 0.3) is 11.4 Å². The second-order valence-corrected chi connectivity index (χ2v) is 5.33. The lowest BCUT2D eigenvalue weighted by Gasteiger charge is -2.11. The third kappa shape index (κ3) is 3.57. The summed E-state index contributed by atoms with van der Waals surface area (Å²) < 4.78 is 21.2. The summed E-state index contributed by atoms with van der Waals surface area (Å²) in [7, 11) is 5.15. The quantitative estimate of drug-likeness (QED) is 0.659. The van der Waals surface area contributed by atoms with E-state index in [-0.39, 0.29) is 0 Å². The fraction of sp³-hybridized carbons (Fsp3) is 0.294. The standard InChI is InChI=1S/C17H19N3O4/c1-20(10-13-5-4-8-23-13)11-16-18-17(19-24-16)12-6-7-14(21-2)15(9-12)22-3/h4-9H,10-11H2,1-3H3. The third-order valence-electron chi connectivity index (χ3n) is 3.52. The number of ether oxygens (including phenoxy) is 2. The third-order valence-corrected chi connectivity index (χ3v) is 3.52. The first-order chi connectivity index (χ1) is 11.7. The Hall–Kier alpha value is -2.80. The van der Waals surface area contributed by atoms with Gasteiger partial charge in [-0.3, -0.25) is 4.90 Å². The van der Waals surface area contributed by atoms with Crippen molar-refractivity contribution in [3.8, 4) is 22.9 Å². The van der Waals surface area contributed by atoms with Gasteiger partial charge in [-0.25, -0.2) is 0 Å². The molecule has 2 aromatic heterocycles. The normalized spacial score (nSPS) is 11.0. The zero-order chi connectivity index (χ0) is 16.9. The number of hydrogen-bond donors (Lipinski definition) is 0.